The largest absolute Gasteiger partial charge is 0.490 e. The zero-order chi connectivity index (χ0) is 13.9. The summed E-state index contributed by atoms with van der Waals surface area (Å²) in [5.41, 5.74) is 5.78. The van der Waals surface area contributed by atoms with Gasteiger partial charge < -0.3 is 25.2 Å². The maximum absolute atomic E-state index is 8.49. The SMILES string of the molecule is COCCCOCCOc1ccc(/C(N)=N/O)nc1. The van der Waals surface area contributed by atoms with Gasteiger partial charge >= 0.3 is 0 Å². The second kappa shape index (κ2) is 9.12. The summed E-state index contributed by atoms with van der Waals surface area (Å²) in [4.78, 5) is 3.99. The summed E-state index contributed by atoms with van der Waals surface area (Å²) in [6.07, 6.45) is 2.38. The highest BCUT2D eigenvalue weighted by Gasteiger charge is 2.01. The molecular formula is C12H19N3O4. The smallest absolute Gasteiger partial charge is 0.188 e. The van der Waals surface area contributed by atoms with Gasteiger partial charge in [-0.3, -0.25) is 0 Å². The van der Waals surface area contributed by atoms with Crippen molar-refractivity contribution in [2.45, 2.75) is 6.42 Å². The summed E-state index contributed by atoms with van der Waals surface area (Å²) in [7, 11) is 1.66. The van der Waals surface area contributed by atoms with Crippen LogP contribution in [0, 0.1) is 0 Å². The third-order valence-electron chi connectivity index (χ3n) is 2.24. The molecule has 7 nitrogen and oxygen atoms in total. The summed E-state index contributed by atoms with van der Waals surface area (Å²) in [5.74, 6) is 0.572. The van der Waals surface area contributed by atoms with Crippen molar-refractivity contribution in [3.05, 3.63) is 24.0 Å². The average Bonchev–Trinajstić information content (AvgIpc) is 2.46. The molecule has 1 aromatic heterocycles. The second-order valence-corrected chi connectivity index (χ2v) is 3.67. The molecule has 106 valence electrons. The molecule has 0 atom stereocenters. The zero-order valence-electron chi connectivity index (χ0n) is 10.9. The highest BCUT2D eigenvalue weighted by Crippen LogP contribution is 2.08. The fraction of sp³-hybridized carbons (Fsp3) is 0.500. The number of methoxy groups -OCH3 is 1. The Morgan fingerprint density at radius 1 is 1.32 bits per heavy atom. The van der Waals surface area contributed by atoms with Crippen molar-refractivity contribution in [1.82, 2.24) is 4.98 Å². The van der Waals surface area contributed by atoms with Crippen LogP contribution >= 0.6 is 0 Å². The van der Waals surface area contributed by atoms with E-state index >= 15 is 0 Å². The lowest BCUT2D eigenvalue weighted by molar-refractivity contribution is 0.0805. The van der Waals surface area contributed by atoms with Crippen LogP contribution in [0.1, 0.15) is 12.1 Å². The first-order chi connectivity index (χ1) is 9.27. The molecule has 1 aromatic rings. The second-order valence-electron chi connectivity index (χ2n) is 3.67. The quantitative estimate of drug-likeness (QED) is 0.224. The maximum atomic E-state index is 8.49. The van der Waals surface area contributed by atoms with Crippen molar-refractivity contribution in [3.8, 4) is 5.75 Å². The lowest BCUT2D eigenvalue weighted by atomic mass is 10.3. The average molecular weight is 269 g/mol. The van der Waals surface area contributed by atoms with Crippen LogP contribution < -0.4 is 10.5 Å². The van der Waals surface area contributed by atoms with Crippen LogP contribution in [0.3, 0.4) is 0 Å². The molecule has 0 bridgehead atoms. The molecule has 19 heavy (non-hydrogen) atoms. The Morgan fingerprint density at radius 2 is 2.16 bits per heavy atom. The van der Waals surface area contributed by atoms with Crippen molar-refractivity contribution in [2.75, 3.05) is 33.5 Å². The predicted molar refractivity (Wildman–Crippen MR) is 69.6 cm³/mol. The molecule has 0 saturated carbocycles. The van der Waals surface area contributed by atoms with Crippen LogP contribution in [0.4, 0.5) is 0 Å². The summed E-state index contributed by atoms with van der Waals surface area (Å²) >= 11 is 0. The van der Waals surface area contributed by atoms with E-state index < -0.39 is 0 Å². The molecule has 0 aliphatic rings. The van der Waals surface area contributed by atoms with Crippen LogP contribution in [-0.2, 0) is 9.47 Å². The van der Waals surface area contributed by atoms with E-state index in [1.54, 1.807) is 19.2 Å². The number of ether oxygens (including phenoxy) is 3. The Bertz CT molecular complexity index is 381. The van der Waals surface area contributed by atoms with Gasteiger partial charge in [0, 0.05) is 20.3 Å². The van der Waals surface area contributed by atoms with Crippen LogP contribution in [0.5, 0.6) is 5.75 Å². The van der Waals surface area contributed by atoms with E-state index in [2.05, 4.69) is 10.1 Å². The molecule has 0 amide bonds. The number of hydrogen-bond acceptors (Lipinski definition) is 6. The Kier molecular flexibility index (Phi) is 7.30. The molecule has 0 aromatic carbocycles. The van der Waals surface area contributed by atoms with Crippen molar-refractivity contribution < 1.29 is 19.4 Å². The first-order valence-electron chi connectivity index (χ1n) is 5.91. The van der Waals surface area contributed by atoms with Gasteiger partial charge in [-0.25, -0.2) is 4.98 Å². The molecule has 0 aliphatic heterocycles. The van der Waals surface area contributed by atoms with Crippen LogP contribution in [0.15, 0.2) is 23.5 Å². The van der Waals surface area contributed by atoms with Crippen LogP contribution in [0.2, 0.25) is 0 Å². The van der Waals surface area contributed by atoms with Gasteiger partial charge in [0.05, 0.1) is 12.8 Å². The van der Waals surface area contributed by atoms with E-state index in [9.17, 15) is 0 Å². The number of pyridine rings is 1. The van der Waals surface area contributed by atoms with Gasteiger partial charge in [0.2, 0.25) is 0 Å². The molecule has 1 rings (SSSR count). The molecule has 0 radical (unpaired) electrons. The lowest BCUT2D eigenvalue weighted by Crippen LogP contribution is -2.15. The first-order valence-corrected chi connectivity index (χ1v) is 5.91. The van der Waals surface area contributed by atoms with Crippen molar-refractivity contribution >= 4 is 5.84 Å². The normalized spacial score (nSPS) is 11.5. The number of nitrogens with zero attached hydrogens (tertiary/aromatic N) is 2. The van der Waals surface area contributed by atoms with E-state index in [1.807, 2.05) is 0 Å². The maximum Gasteiger partial charge on any atom is 0.188 e. The minimum Gasteiger partial charge on any atom is -0.490 e. The van der Waals surface area contributed by atoms with Crippen molar-refractivity contribution in [1.29, 1.82) is 0 Å². The van der Waals surface area contributed by atoms with Crippen molar-refractivity contribution in [2.24, 2.45) is 10.9 Å². The zero-order valence-corrected chi connectivity index (χ0v) is 10.9. The van der Waals surface area contributed by atoms with Gasteiger partial charge in [-0.2, -0.15) is 0 Å². The number of amidine groups is 1. The summed E-state index contributed by atoms with van der Waals surface area (Å²) in [6.45, 7) is 2.29. The minimum atomic E-state index is -0.0342. The standard InChI is InChI=1S/C12H19N3O4/c1-17-5-2-6-18-7-8-19-10-3-4-11(14-9-10)12(13)15-16/h3-4,9,16H,2,5-8H2,1H3,(H2,13,15). The van der Waals surface area contributed by atoms with Gasteiger partial charge in [-0.15, -0.1) is 0 Å². The van der Waals surface area contributed by atoms with Crippen LogP contribution in [0.25, 0.3) is 0 Å². The number of aromatic nitrogens is 1. The molecule has 3 N–H and O–H groups in total. The van der Waals surface area contributed by atoms with Gasteiger partial charge in [0.1, 0.15) is 18.1 Å². The van der Waals surface area contributed by atoms with Crippen molar-refractivity contribution in [3.63, 3.8) is 0 Å². The minimum absolute atomic E-state index is 0.0342. The molecule has 0 aliphatic carbocycles. The molecule has 0 saturated heterocycles. The summed E-state index contributed by atoms with van der Waals surface area (Å²) in [6, 6.07) is 3.31. The first kappa shape index (κ1) is 15.2. The Hall–Kier alpha value is -1.86. The Labute approximate surface area is 112 Å². The number of oxime groups is 1. The lowest BCUT2D eigenvalue weighted by Gasteiger charge is -2.07. The topological polar surface area (TPSA) is 99.2 Å². The third-order valence-corrected chi connectivity index (χ3v) is 2.24. The number of nitrogens with two attached hydrogens (primary N) is 1. The highest BCUT2D eigenvalue weighted by molar-refractivity contribution is 5.95. The van der Waals surface area contributed by atoms with E-state index in [-0.39, 0.29) is 5.84 Å². The van der Waals surface area contributed by atoms with Gasteiger partial charge in [-0.05, 0) is 18.6 Å². The van der Waals surface area contributed by atoms with Gasteiger partial charge in [0.15, 0.2) is 5.84 Å². The molecule has 7 heteroatoms. The Balaban J connectivity index is 2.19. The fourth-order valence-corrected chi connectivity index (χ4v) is 1.29. The summed E-state index contributed by atoms with van der Waals surface area (Å²) in [5, 5.41) is 11.3. The van der Waals surface area contributed by atoms with E-state index in [4.69, 9.17) is 25.2 Å². The van der Waals surface area contributed by atoms with E-state index in [0.717, 1.165) is 6.42 Å². The Morgan fingerprint density at radius 3 is 2.79 bits per heavy atom. The highest BCUT2D eigenvalue weighted by atomic mass is 16.5. The van der Waals surface area contributed by atoms with Gasteiger partial charge in [-0.1, -0.05) is 5.16 Å². The molecule has 1 heterocycles. The molecular weight excluding hydrogens is 250 g/mol. The fourth-order valence-electron chi connectivity index (χ4n) is 1.29. The monoisotopic (exact) mass is 269 g/mol. The predicted octanol–water partition coefficient (Wildman–Crippen LogP) is 0.608. The molecule has 0 unspecified atom stereocenters. The van der Waals surface area contributed by atoms with E-state index in [1.165, 1.54) is 6.20 Å². The summed E-state index contributed by atoms with van der Waals surface area (Å²) < 4.78 is 15.7. The molecule has 0 fully saturated rings. The third kappa shape index (κ3) is 6.03. The number of hydrogen-bond donors (Lipinski definition) is 2. The van der Waals surface area contributed by atoms with Gasteiger partial charge in [0.25, 0.3) is 0 Å². The number of rotatable bonds is 9. The van der Waals surface area contributed by atoms with E-state index in [0.29, 0.717) is 37.9 Å². The molecule has 0 spiro atoms. The van der Waals surface area contributed by atoms with Crippen LogP contribution in [-0.4, -0.2) is 49.6 Å².